The fourth-order valence-corrected chi connectivity index (χ4v) is 3.88. The van der Waals surface area contributed by atoms with Crippen LogP contribution in [0.5, 0.6) is 5.75 Å². The summed E-state index contributed by atoms with van der Waals surface area (Å²) in [4.78, 5) is 17.1. The second-order valence-electron chi connectivity index (χ2n) is 7.53. The van der Waals surface area contributed by atoms with Crippen LogP contribution in [0.2, 0.25) is 0 Å². The van der Waals surface area contributed by atoms with Crippen molar-refractivity contribution in [1.29, 1.82) is 0 Å². The highest BCUT2D eigenvalue weighted by Crippen LogP contribution is 2.28. The van der Waals surface area contributed by atoms with Gasteiger partial charge in [0.2, 0.25) is 5.91 Å². The smallest absolute Gasteiger partial charge is 0.225 e. The molecule has 154 valence electrons. The molecule has 0 unspecified atom stereocenters. The molecule has 1 aliphatic heterocycles. The number of carbonyl (C=O) groups is 1. The van der Waals surface area contributed by atoms with E-state index in [1.54, 1.807) is 6.07 Å². The quantitative estimate of drug-likeness (QED) is 0.650. The predicted octanol–water partition coefficient (Wildman–Crippen LogP) is 4.21. The molecular weight excluding hydrogens is 374 g/mol. The van der Waals surface area contributed by atoms with E-state index in [1.165, 1.54) is 0 Å². The van der Waals surface area contributed by atoms with Crippen molar-refractivity contribution in [2.24, 2.45) is 0 Å². The first-order valence-corrected chi connectivity index (χ1v) is 10.4. The third-order valence-electron chi connectivity index (χ3n) is 5.54. The van der Waals surface area contributed by atoms with Gasteiger partial charge in [-0.25, -0.2) is 0 Å². The molecule has 0 saturated carbocycles. The summed E-state index contributed by atoms with van der Waals surface area (Å²) >= 11 is 0. The number of hydrogen-bond acceptors (Lipinski definition) is 4. The van der Waals surface area contributed by atoms with E-state index in [-0.39, 0.29) is 5.91 Å². The Morgan fingerprint density at radius 2 is 1.50 bits per heavy atom. The summed E-state index contributed by atoms with van der Waals surface area (Å²) in [6.45, 7) is 4.17. The molecule has 0 aromatic heterocycles. The Labute approximate surface area is 177 Å². The Morgan fingerprint density at radius 3 is 2.27 bits per heavy atom. The largest absolute Gasteiger partial charge is 0.506 e. The number of phenolic OH excluding ortho intramolecular Hbond substituents is 1. The molecule has 1 fully saturated rings. The highest BCUT2D eigenvalue weighted by atomic mass is 16.3. The number of aromatic hydroxyl groups is 1. The van der Waals surface area contributed by atoms with Crippen LogP contribution in [0.3, 0.4) is 0 Å². The Hall–Kier alpha value is -3.31. The molecule has 30 heavy (non-hydrogen) atoms. The minimum absolute atomic E-state index is 0.0292. The average Bonchev–Trinajstić information content (AvgIpc) is 2.79. The maximum Gasteiger partial charge on any atom is 0.225 e. The summed E-state index contributed by atoms with van der Waals surface area (Å²) in [7, 11) is 0. The van der Waals surface area contributed by atoms with E-state index in [0.717, 1.165) is 55.2 Å². The standard InChI is InChI=1S/C25H27N3O2/c29-24-13-7-6-12-23(24)28-18-16-27(17-19-28)15-14-25(30)26-22-11-5-4-10-21(22)20-8-2-1-3-9-20/h1-13,29H,14-19H2,(H,26,30). The van der Waals surface area contributed by atoms with Gasteiger partial charge in [-0.15, -0.1) is 0 Å². The number of piperazine rings is 1. The third-order valence-corrected chi connectivity index (χ3v) is 5.54. The molecule has 0 aliphatic carbocycles. The highest BCUT2D eigenvalue weighted by molar-refractivity contribution is 5.95. The molecule has 0 atom stereocenters. The summed E-state index contributed by atoms with van der Waals surface area (Å²) < 4.78 is 0. The number of anilines is 2. The van der Waals surface area contributed by atoms with Gasteiger partial charge in [-0.2, -0.15) is 0 Å². The van der Waals surface area contributed by atoms with Crippen LogP contribution in [0.25, 0.3) is 11.1 Å². The number of nitrogens with one attached hydrogen (secondary N) is 1. The molecule has 2 N–H and O–H groups in total. The van der Waals surface area contributed by atoms with Crippen molar-refractivity contribution in [3.05, 3.63) is 78.9 Å². The zero-order chi connectivity index (χ0) is 20.8. The van der Waals surface area contributed by atoms with Crippen LogP contribution in [0.1, 0.15) is 6.42 Å². The second kappa shape index (κ2) is 9.46. The summed E-state index contributed by atoms with van der Waals surface area (Å²) in [6, 6.07) is 25.5. The van der Waals surface area contributed by atoms with Gasteiger partial charge in [0.25, 0.3) is 0 Å². The Bertz CT molecular complexity index is 982. The fraction of sp³-hybridized carbons (Fsp3) is 0.240. The number of hydrogen-bond donors (Lipinski definition) is 2. The zero-order valence-corrected chi connectivity index (χ0v) is 17.0. The van der Waals surface area contributed by atoms with Gasteiger partial charge >= 0.3 is 0 Å². The van der Waals surface area contributed by atoms with Crippen LogP contribution in [0.15, 0.2) is 78.9 Å². The molecule has 1 saturated heterocycles. The van der Waals surface area contributed by atoms with Crippen molar-refractivity contribution in [2.45, 2.75) is 6.42 Å². The minimum Gasteiger partial charge on any atom is -0.506 e. The maximum atomic E-state index is 12.6. The van der Waals surface area contributed by atoms with E-state index in [2.05, 4.69) is 27.2 Å². The van der Waals surface area contributed by atoms with E-state index in [1.807, 2.05) is 60.7 Å². The van der Waals surface area contributed by atoms with Crippen molar-refractivity contribution in [1.82, 2.24) is 4.90 Å². The zero-order valence-electron chi connectivity index (χ0n) is 17.0. The third kappa shape index (κ3) is 4.81. The molecule has 3 aromatic rings. The van der Waals surface area contributed by atoms with Gasteiger partial charge in [0.05, 0.1) is 5.69 Å². The molecule has 3 aromatic carbocycles. The van der Waals surface area contributed by atoms with Gasteiger partial charge in [0.1, 0.15) is 5.75 Å². The number of nitrogens with zero attached hydrogens (tertiary/aromatic N) is 2. The fourth-order valence-electron chi connectivity index (χ4n) is 3.88. The number of para-hydroxylation sites is 3. The normalized spacial score (nSPS) is 14.5. The van der Waals surface area contributed by atoms with Crippen LogP contribution in [-0.2, 0) is 4.79 Å². The first-order valence-electron chi connectivity index (χ1n) is 10.4. The number of benzene rings is 3. The monoisotopic (exact) mass is 401 g/mol. The van der Waals surface area contributed by atoms with Crippen LogP contribution in [-0.4, -0.2) is 48.6 Å². The van der Waals surface area contributed by atoms with Crippen molar-refractivity contribution < 1.29 is 9.90 Å². The Kier molecular flexibility index (Phi) is 6.30. The van der Waals surface area contributed by atoms with Gasteiger partial charge in [-0.05, 0) is 23.8 Å². The SMILES string of the molecule is O=C(CCN1CCN(c2ccccc2O)CC1)Nc1ccccc1-c1ccccc1. The first kappa shape index (κ1) is 20.0. The minimum atomic E-state index is 0.0292. The molecule has 1 amide bonds. The molecular formula is C25H27N3O2. The molecule has 5 heteroatoms. The van der Waals surface area contributed by atoms with E-state index >= 15 is 0 Å². The van der Waals surface area contributed by atoms with E-state index in [4.69, 9.17) is 0 Å². The predicted molar refractivity (Wildman–Crippen MR) is 122 cm³/mol. The summed E-state index contributed by atoms with van der Waals surface area (Å²) in [5, 5.41) is 13.1. The molecule has 0 bridgehead atoms. The van der Waals surface area contributed by atoms with Crippen molar-refractivity contribution in [3.63, 3.8) is 0 Å². The first-order chi connectivity index (χ1) is 14.7. The number of rotatable bonds is 6. The summed E-state index contributed by atoms with van der Waals surface area (Å²) in [6.07, 6.45) is 0.458. The van der Waals surface area contributed by atoms with Crippen molar-refractivity contribution in [2.75, 3.05) is 42.9 Å². The molecule has 4 rings (SSSR count). The van der Waals surface area contributed by atoms with E-state index in [0.29, 0.717) is 12.2 Å². The lowest BCUT2D eigenvalue weighted by Gasteiger charge is -2.36. The number of amides is 1. The lowest BCUT2D eigenvalue weighted by molar-refractivity contribution is -0.116. The van der Waals surface area contributed by atoms with Gasteiger partial charge in [-0.1, -0.05) is 60.7 Å². The molecule has 1 heterocycles. The van der Waals surface area contributed by atoms with Crippen molar-refractivity contribution >= 4 is 17.3 Å². The lowest BCUT2D eigenvalue weighted by Crippen LogP contribution is -2.47. The van der Waals surface area contributed by atoms with Crippen LogP contribution in [0, 0.1) is 0 Å². The highest BCUT2D eigenvalue weighted by Gasteiger charge is 2.19. The topological polar surface area (TPSA) is 55.8 Å². The van der Waals surface area contributed by atoms with Crippen molar-refractivity contribution in [3.8, 4) is 16.9 Å². The van der Waals surface area contributed by atoms with Gasteiger partial charge in [0, 0.05) is 50.4 Å². The molecule has 0 spiro atoms. The average molecular weight is 402 g/mol. The van der Waals surface area contributed by atoms with Gasteiger partial charge in [0.15, 0.2) is 0 Å². The van der Waals surface area contributed by atoms with E-state index < -0.39 is 0 Å². The Balaban J connectivity index is 1.29. The number of phenols is 1. The lowest BCUT2D eigenvalue weighted by atomic mass is 10.0. The second-order valence-corrected chi connectivity index (χ2v) is 7.53. The number of carbonyl (C=O) groups excluding carboxylic acids is 1. The summed E-state index contributed by atoms with van der Waals surface area (Å²) in [5.41, 5.74) is 3.85. The maximum absolute atomic E-state index is 12.6. The molecule has 0 radical (unpaired) electrons. The van der Waals surface area contributed by atoms with E-state index in [9.17, 15) is 9.90 Å². The van der Waals surface area contributed by atoms with Gasteiger partial charge < -0.3 is 15.3 Å². The van der Waals surface area contributed by atoms with Crippen LogP contribution < -0.4 is 10.2 Å². The molecule has 1 aliphatic rings. The van der Waals surface area contributed by atoms with Gasteiger partial charge in [-0.3, -0.25) is 9.69 Å². The summed E-state index contributed by atoms with van der Waals surface area (Å²) in [5.74, 6) is 0.351. The van der Waals surface area contributed by atoms with Crippen LogP contribution >= 0.6 is 0 Å². The molecule has 5 nitrogen and oxygen atoms in total. The Morgan fingerprint density at radius 1 is 0.833 bits per heavy atom. The van der Waals surface area contributed by atoms with Crippen LogP contribution in [0.4, 0.5) is 11.4 Å².